The van der Waals surface area contributed by atoms with Crippen LogP contribution in [0.5, 0.6) is 5.75 Å². The number of aromatic nitrogens is 3. The van der Waals surface area contributed by atoms with E-state index in [1.165, 1.54) is 31.5 Å². The van der Waals surface area contributed by atoms with E-state index in [4.69, 9.17) is 78.9 Å². The minimum absolute atomic E-state index is 0.0263. The molecule has 0 atom stereocenters. The molecule has 198 valence electrons. The first-order valence-electron chi connectivity index (χ1n) is 10.2. The van der Waals surface area contributed by atoms with Crippen LogP contribution in [0.15, 0.2) is 40.4 Å². The molecule has 9 nitrogen and oxygen atoms in total. The third kappa shape index (κ3) is 6.63. The Morgan fingerprint density at radius 3 is 2.47 bits per heavy atom. The number of anilines is 2. The molecule has 0 radical (unpaired) electrons. The number of rotatable bonds is 7. The molecule has 1 aromatic carbocycles. The van der Waals surface area contributed by atoms with Crippen LogP contribution >= 0.6 is 80.9 Å². The lowest BCUT2D eigenvalue weighted by molar-refractivity contribution is 0.102. The number of nitrogens with one attached hydrogen (secondary N) is 2. The molecule has 3 aromatic heterocycles. The summed E-state index contributed by atoms with van der Waals surface area (Å²) in [5, 5.41) is 11.5. The Morgan fingerprint density at radius 1 is 1.08 bits per heavy atom. The third-order valence-corrected chi connectivity index (χ3v) is 7.30. The first kappa shape index (κ1) is 28.7. The fraction of sp³-hybridized carbons (Fsp3) is 0.136. The van der Waals surface area contributed by atoms with E-state index in [0.29, 0.717) is 10.6 Å². The molecule has 0 bridgehead atoms. The van der Waals surface area contributed by atoms with Crippen molar-refractivity contribution in [2.45, 2.75) is 10.2 Å². The van der Waals surface area contributed by atoms with Crippen molar-refractivity contribution in [2.75, 3.05) is 17.7 Å². The largest absolute Gasteiger partial charge is 0.494 e. The van der Waals surface area contributed by atoms with Gasteiger partial charge in [0, 0.05) is 23.7 Å². The fourth-order valence-corrected chi connectivity index (χ4v) is 4.93. The molecule has 0 spiro atoms. The van der Waals surface area contributed by atoms with Crippen LogP contribution in [-0.2, 0) is 10.2 Å². The van der Waals surface area contributed by atoms with Gasteiger partial charge in [0.2, 0.25) is 0 Å². The predicted octanol–water partition coefficient (Wildman–Crippen LogP) is 7.42. The van der Waals surface area contributed by atoms with Crippen molar-refractivity contribution in [3.05, 3.63) is 78.6 Å². The van der Waals surface area contributed by atoms with Gasteiger partial charge in [-0.2, -0.15) is 4.98 Å². The number of ether oxygens (including phenoxy) is 1. The van der Waals surface area contributed by atoms with E-state index in [1.54, 1.807) is 11.4 Å². The maximum Gasteiger partial charge on any atom is 0.278 e. The highest BCUT2D eigenvalue weighted by Crippen LogP contribution is 2.38. The molecule has 0 fully saturated rings. The van der Waals surface area contributed by atoms with E-state index in [-0.39, 0.29) is 55.9 Å². The Bertz CT molecular complexity index is 1500. The van der Waals surface area contributed by atoms with Gasteiger partial charge >= 0.3 is 0 Å². The third-order valence-electron chi connectivity index (χ3n) is 4.80. The van der Waals surface area contributed by atoms with E-state index in [2.05, 4.69) is 25.8 Å². The van der Waals surface area contributed by atoms with Gasteiger partial charge in [0.25, 0.3) is 21.5 Å². The van der Waals surface area contributed by atoms with Crippen molar-refractivity contribution >= 4 is 104 Å². The van der Waals surface area contributed by atoms with Crippen molar-refractivity contribution in [1.29, 1.82) is 0 Å². The summed E-state index contributed by atoms with van der Waals surface area (Å²) in [5.41, 5.74) is 0.636. The normalized spacial score (nSPS) is 11.3. The van der Waals surface area contributed by atoms with Gasteiger partial charge in [0.05, 0.1) is 28.4 Å². The van der Waals surface area contributed by atoms with Gasteiger partial charge in [-0.15, -0.1) is 11.3 Å². The molecule has 2 amide bonds. The van der Waals surface area contributed by atoms with Crippen molar-refractivity contribution in [3.8, 4) is 5.75 Å². The molecule has 4 rings (SSSR count). The molecule has 16 heteroatoms. The number of methoxy groups -OCH3 is 1. The number of nitrogens with zero attached hydrogens (tertiary/aromatic N) is 3. The summed E-state index contributed by atoms with van der Waals surface area (Å²) in [7, 11) is 1.37. The van der Waals surface area contributed by atoms with Crippen LogP contribution in [0.25, 0.3) is 0 Å². The Balaban J connectivity index is 1.59. The number of hydrogen-bond donors (Lipinski definition) is 2. The number of pyridine rings is 1. The number of halogens is 6. The summed E-state index contributed by atoms with van der Waals surface area (Å²) in [4.78, 5) is 34.5. The second-order valence-corrected chi connectivity index (χ2v) is 11.8. The molecule has 0 aliphatic carbocycles. The number of thiophene rings is 1. The number of carbonyl (C=O) groups excluding carboxylic acids is 2. The molecule has 4 aromatic rings. The van der Waals surface area contributed by atoms with E-state index < -0.39 is 15.6 Å². The number of benzene rings is 1. The maximum atomic E-state index is 13.2. The van der Waals surface area contributed by atoms with Gasteiger partial charge in [-0.05, 0) is 29.1 Å². The number of alkyl halides is 3. The van der Waals surface area contributed by atoms with Crippen LogP contribution in [0.2, 0.25) is 15.1 Å². The van der Waals surface area contributed by atoms with Crippen molar-refractivity contribution in [2.24, 2.45) is 0 Å². The Labute approximate surface area is 249 Å². The highest BCUT2D eigenvalue weighted by Gasteiger charge is 2.31. The van der Waals surface area contributed by atoms with Crippen molar-refractivity contribution in [1.82, 2.24) is 15.1 Å². The molecule has 3 heterocycles. The smallest absolute Gasteiger partial charge is 0.278 e. The first-order valence-corrected chi connectivity index (χ1v) is 13.4. The Hall–Kier alpha value is -2.31. The summed E-state index contributed by atoms with van der Waals surface area (Å²) in [6.07, 6.45) is 1.49. The number of carbonyl (C=O) groups is 2. The van der Waals surface area contributed by atoms with E-state index in [9.17, 15) is 9.59 Å². The van der Waals surface area contributed by atoms with Crippen LogP contribution in [0.3, 0.4) is 0 Å². The topological polar surface area (TPSA) is 119 Å². The molecule has 2 N–H and O–H groups in total. The maximum absolute atomic E-state index is 13.2. The van der Waals surface area contributed by atoms with E-state index in [0.717, 1.165) is 11.3 Å². The van der Waals surface area contributed by atoms with Gasteiger partial charge in [-0.25, -0.2) is 4.98 Å². The van der Waals surface area contributed by atoms with Gasteiger partial charge in [-0.1, -0.05) is 74.8 Å². The highest BCUT2D eigenvalue weighted by molar-refractivity contribution is 7.13. The number of amides is 2. The van der Waals surface area contributed by atoms with E-state index in [1.807, 2.05) is 0 Å². The zero-order chi connectivity index (χ0) is 27.6. The average Bonchev–Trinajstić information content (AvgIpc) is 3.48. The average molecular weight is 656 g/mol. The zero-order valence-electron chi connectivity index (χ0n) is 18.8. The Morgan fingerprint density at radius 2 is 1.84 bits per heavy atom. The summed E-state index contributed by atoms with van der Waals surface area (Å²) < 4.78 is 8.43. The van der Waals surface area contributed by atoms with Crippen LogP contribution in [-0.4, -0.2) is 34.0 Å². The first-order chi connectivity index (χ1) is 18.0. The van der Waals surface area contributed by atoms with E-state index >= 15 is 0 Å². The molecule has 0 unspecified atom stereocenters. The minimum atomic E-state index is -1.88. The summed E-state index contributed by atoms with van der Waals surface area (Å²) >= 11 is 36.9. The van der Waals surface area contributed by atoms with Gasteiger partial charge < -0.3 is 19.9 Å². The second kappa shape index (κ2) is 11.8. The van der Waals surface area contributed by atoms with Gasteiger partial charge in [0.15, 0.2) is 5.82 Å². The van der Waals surface area contributed by atoms with Gasteiger partial charge in [0.1, 0.15) is 16.4 Å². The van der Waals surface area contributed by atoms with Crippen LogP contribution in [0.1, 0.15) is 37.3 Å². The summed E-state index contributed by atoms with van der Waals surface area (Å²) in [6.45, 7) is 0. The van der Waals surface area contributed by atoms with Crippen LogP contribution < -0.4 is 15.4 Å². The molecular weight excluding hydrogens is 643 g/mol. The minimum Gasteiger partial charge on any atom is -0.494 e. The molecule has 0 saturated heterocycles. The summed E-state index contributed by atoms with van der Waals surface area (Å²) in [6, 6.07) is 5.92. The predicted molar refractivity (Wildman–Crippen MR) is 149 cm³/mol. The van der Waals surface area contributed by atoms with Gasteiger partial charge in [-0.3, -0.25) is 9.59 Å². The summed E-state index contributed by atoms with van der Waals surface area (Å²) in [5.74, 6) is -0.806. The van der Waals surface area contributed by atoms with Crippen LogP contribution in [0.4, 0.5) is 11.5 Å². The monoisotopic (exact) mass is 653 g/mol. The van der Waals surface area contributed by atoms with Crippen molar-refractivity contribution in [3.63, 3.8) is 0 Å². The van der Waals surface area contributed by atoms with Crippen molar-refractivity contribution < 1.29 is 18.8 Å². The molecular formula is C22H13Cl6N5O4S. The SMILES string of the molecule is COc1cc(Cl)cc(C(=O)Nc2ccc(Cl)cn2)c1NC(=O)c1scc(Cc2noc(C(Cl)(Cl)Cl)n2)c1Cl. The standard InChI is InChI=1S/C22H13Cl6N5O4S/c1-36-13-6-11(24)5-12(19(34)30-14-3-2-10(23)7-29-14)17(13)32-20(35)18-16(25)9(8-38-18)4-15-31-21(37-33-15)22(26,27)28/h2-3,5-8H,4H2,1H3,(H,32,35)(H,29,30,34). The lowest BCUT2D eigenvalue weighted by Gasteiger charge is -2.15. The zero-order valence-corrected chi connectivity index (χ0v) is 24.2. The lowest BCUT2D eigenvalue weighted by Crippen LogP contribution is -2.19. The molecule has 0 aliphatic heterocycles. The molecule has 0 saturated carbocycles. The number of hydrogen-bond acceptors (Lipinski definition) is 8. The second-order valence-electron chi connectivity index (χ2n) is 7.39. The highest BCUT2D eigenvalue weighted by atomic mass is 35.6. The Kier molecular flexibility index (Phi) is 8.93. The fourth-order valence-electron chi connectivity index (χ4n) is 3.12. The lowest BCUT2D eigenvalue weighted by atomic mass is 10.1. The van der Waals surface area contributed by atoms with Crippen LogP contribution in [0, 0.1) is 0 Å². The molecule has 0 aliphatic rings. The quantitative estimate of drug-likeness (QED) is 0.199. The molecule has 38 heavy (non-hydrogen) atoms.